The molecular formula is C13H21NO2. The van der Waals surface area contributed by atoms with Crippen LogP contribution >= 0.6 is 0 Å². The van der Waals surface area contributed by atoms with Crippen molar-refractivity contribution in [2.75, 3.05) is 27.4 Å². The molecule has 0 aliphatic carbocycles. The molecule has 0 saturated heterocycles. The lowest BCUT2D eigenvalue weighted by Crippen LogP contribution is -2.22. The molecule has 1 aromatic rings. The molecule has 0 saturated carbocycles. The zero-order valence-corrected chi connectivity index (χ0v) is 10.3. The minimum Gasteiger partial charge on any atom is -0.496 e. The van der Waals surface area contributed by atoms with E-state index < -0.39 is 0 Å². The number of nitrogens with one attached hydrogen (secondary N) is 1. The first kappa shape index (κ1) is 13.0. The lowest BCUT2D eigenvalue weighted by atomic mass is 10.0. The average Bonchev–Trinajstić information content (AvgIpc) is 2.34. The number of benzene rings is 1. The Morgan fingerprint density at radius 2 is 2.00 bits per heavy atom. The van der Waals surface area contributed by atoms with Gasteiger partial charge in [0.25, 0.3) is 0 Å². The summed E-state index contributed by atoms with van der Waals surface area (Å²) in [4.78, 5) is 0. The van der Waals surface area contributed by atoms with Crippen molar-refractivity contribution in [2.24, 2.45) is 0 Å². The van der Waals surface area contributed by atoms with Crippen molar-refractivity contribution in [1.82, 2.24) is 5.32 Å². The molecule has 3 heteroatoms. The molecule has 0 amide bonds. The quantitative estimate of drug-likeness (QED) is 0.770. The summed E-state index contributed by atoms with van der Waals surface area (Å²) in [5, 5.41) is 3.45. The first-order valence-corrected chi connectivity index (χ1v) is 5.68. The van der Waals surface area contributed by atoms with E-state index in [1.165, 1.54) is 5.56 Å². The lowest BCUT2D eigenvalue weighted by molar-refractivity contribution is 0.182. The van der Waals surface area contributed by atoms with Gasteiger partial charge in [-0.3, -0.25) is 0 Å². The molecule has 0 fully saturated rings. The van der Waals surface area contributed by atoms with Crippen LogP contribution in [0.5, 0.6) is 5.75 Å². The van der Waals surface area contributed by atoms with Gasteiger partial charge in [-0.1, -0.05) is 25.1 Å². The van der Waals surface area contributed by atoms with E-state index in [-0.39, 0.29) is 0 Å². The van der Waals surface area contributed by atoms with Crippen molar-refractivity contribution >= 4 is 0 Å². The predicted octanol–water partition coefficient (Wildman–Crippen LogP) is 2.38. The molecule has 90 valence electrons. The summed E-state index contributed by atoms with van der Waals surface area (Å²) in [6, 6.07) is 8.41. The fourth-order valence-electron chi connectivity index (χ4n) is 1.80. The normalized spacial score (nSPS) is 12.4. The highest BCUT2D eigenvalue weighted by Gasteiger charge is 2.13. The number of rotatable bonds is 7. The molecule has 1 aromatic carbocycles. The number of para-hydroxylation sites is 1. The second-order valence-electron chi connectivity index (χ2n) is 3.63. The van der Waals surface area contributed by atoms with E-state index in [0.717, 1.165) is 25.3 Å². The molecule has 0 aliphatic rings. The van der Waals surface area contributed by atoms with Crippen LogP contribution < -0.4 is 10.1 Å². The summed E-state index contributed by atoms with van der Waals surface area (Å²) in [5.41, 5.74) is 1.20. The molecule has 3 nitrogen and oxygen atoms in total. The molecule has 1 rings (SSSR count). The van der Waals surface area contributed by atoms with Crippen molar-refractivity contribution in [3.05, 3.63) is 29.8 Å². The largest absolute Gasteiger partial charge is 0.496 e. The summed E-state index contributed by atoms with van der Waals surface area (Å²) >= 11 is 0. The van der Waals surface area contributed by atoms with Crippen molar-refractivity contribution in [2.45, 2.75) is 19.4 Å². The van der Waals surface area contributed by atoms with E-state index in [2.05, 4.69) is 18.3 Å². The van der Waals surface area contributed by atoms with E-state index in [1.54, 1.807) is 14.2 Å². The average molecular weight is 223 g/mol. The molecule has 0 aromatic heterocycles. The molecule has 1 unspecified atom stereocenters. The van der Waals surface area contributed by atoms with E-state index in [9.17, 15) is 0 Å². The summed E-state index contributed by atoms with van der Waals surface area (Å²) in [6.45, 7) is 3.79. The Kier molecular flexibility index (Phi) is 5.90. The third kappa shape index (κ3) is 3.51. The first-order chi connectivity index (χ1) is 7.83. The van der Waals surface area contributed by atoms with Gasteiger partial charge in [0, 0.05) is 25.3 Å². The predicted molar refractivity (Wildman–Crippen MR) is 65.9 cm³/mol. The maximum absolute atomic E-state index is 5.37. The van der Waals surface area contributed by atoms with Crippen LogP contribution in [-0.2, 0) is 4.74 Å². The smallest absolute Gasteiger partial charge is 0.123 e. The highest BCUT2D eigenvalue weighted by atomic mass is 16.5. The van der Waals surface area contributed by atoms with Gasteiger partial charge in [-0.15, -0.1) is 0 Å². The fraction of sp³-hybridized carbons (Fsp3) is 0.538. The second-order valence-corrected chi connectivity index (χ2v) is 3.63. The van der Waals surface area contributed by atoms with Crippen LogP contribution in [0, 0.1) is 0 Å². The molecule has 1 atom stereocenters. The standard InChI is InChI=1S/C13H21NO2/c1-4-14-12(9-10-15-2)11-7-5-6-8-13(11)16-3/h5-8,12,14H,4,9-10H2,1-3H3. The first-order valence-electron chi connectivity index (χ1n) is 5.68. The van der Waals surface area contributed by atoms with Gasteiger partial charge in [-0.2, -0.15) is 0 Å². The topological polar surface area (TPSA) is 30.5 Å². The SMILES string of the molecule is CCNC(CCOC)c1ccccc1OC. The number of ether oxygens (including phenoxy) is 2. The second kappa shape index (κ2) is 7.25. The van der Waals surface area contributed by atoms with E-state index >= 15 is 0 Å². The van der Waals surface area contributed by atoms with Gasteiger partial charge in [0.2, 0.25) is 0 Å². The molecule has 16 heavy (non-hydrogen) atoms. The minimum atomic E-state index is 0.293. The van der Waals surface area contributed by atoms with Gasteiger partial charge in [0.15, 0.2) is 0 Å². The van der Waals surface area contributed by atoms with Gasteiger partial charge in [-0.05, 0) is 19.0 Å². The van der Waals surface area contributed by atoms with Crippen LogP contribution in [0.2, 0.25) is 0 Å². The van der Waals surface area contributed by atoms with Gasteiger partial charge in [0.05, 0.1) is 7.11 Å². The molecule has 1 N–H and O–H groups in total. The molecule has 0 bridgehead atoms. The number of hydrogen-bond acceptors (Lipinski definition) is 3. The highest BCUT2D eigenvalue weighted by Crippen LogP contribution is 2.26. The maximum Gasteiger partial charge on any atom is 0.123 e. The van der Waals surface area contributed by atoms with Crippen LogP contribution in [0.3, 0.4) is 0 Å². The highest BCUT2D eigenvalue weighted by molar-refractivity contribution is 5.35. The van der Waals surface area contributed by atoms with Crippen LogP contribution in [-0.4, -0.2) is 27.4 Å². The Bertz CT molecular complexity index is 302. The number of methoxy groups -OCH3 is 2. The molecule has 0 radical (unpaired) electrons. The van der Waals surface area contributed by atoms with Gasteiger partial charge in [0.1, 0.15) is 5.75 Å². The van der Waals surface area contributed by atoms with Crippen LogP contribution in [0.15, 0.2) is 24.3 Å². The lowest BCUT2D eigenvalue weighted by Gasteiger charge is -2.20. The van der Waals surface area contributed by atoms with Crippen LogP contribution in [0.1, 0.15) is 24.9 Å². The van der Waals surface area contributed by atoms with Crippen molar-refractivity contribution in [3.63, 3.8) is 0 Å². The summed E-state index contributed by atoms with van der Waals surface area (Å²) in [7, 11) is 3.43. The van der Waals surface area contributed by atoms with Crippen molar-refractivity contribution in [3.8, 4) is 5.75 Å². The zero-order valence-electron chi connectivity index (χ0n) is 10.3. The third-order valence-electron chi connectivity index (χ3n) is 2.58. The Morgan fingerprint density at radius 3 is 2.62 bits per heavy atom. The van der Waals surface area contributed by atoms with Crippen molar-refractivity contribution in [1.29, 1.82) is 0 Å². The molecule has 0 aliphatic heterocycles. The van der Waals surface area contributed by atoms with Crippen LogP contribution in [0.4, 0.5) is 0 Å². The van der Waals surface area contributed by atoms with Gasteiger partial charge >= 0.3 is 0 Å². The minimum absolute atomic E-state index is 0.293. The fourth-order valence-corrected chi connectivity index (χ4v) is 1.80. The van der Waals surface area contributed by atoms with E-state index in [4.69, 9.17) is 9.47 Å². The summed E-state index contributed by atoms with van der Waals surface area (Å²) < 4.78 is 10.5. The summed E-state index contributed by atoms with van der Waals surface area (Å²) in [6.07, 6.45) is 0.949. The maximum atomic E-state index is 5.37. The Labute approximate surface area is 97.8 Å². The molecular weight excluding hydrogens is 202 g/mol. The summed E-state index contributed by atoms with van der Waals surface area (Å²) in [5.74, 6) is 0.935. The van der Waals surface area contributed by atoms with Gasteiger partial charge < -0.3 is 14.8 Å². The monoisotopic (exact) mass is 223 g/mol. The van der Waals surface area contributed by atoms with E-state index in [1.807, 2.05) is 18.2 Å². The zero-order chi connectivity index (χ0) is 11.8. The third-order valence-corrected chi connectivity index (χ3v) is 2.58. The Morgan fingerprint density at radius 1 is 1.25 bits per heavy atom. The van der Waals surface area contributed by atoms with E-state index in [0.29, 0.717) is 6.04 Å². The van der Waals surface area contributed by atoms with Gasteiger partial charge in [-0.25, -0.2) is 0 Å². The number of hydrogen-bond donors (Lipinski definition) is 1. The Hall–Kier alpha value is -1.06. The van der Waals surface area contributed by atoms with Crippen molar-refractivity contribution < 1.29 is 9.47 Å². The Balaban J connectivity index is 2.81. The molecule has 0 heterocycles. The molecule has 0 spiro atoms. The van der Waals surface area contributed by atoms with Crippen LogP contribution in [0.25, 0.3) is 0 Å².